The number of anilines is 2. The summed E-state index contributed by atoms with van der Waals surface area (Å²) >= 11 is 1.60. The topological polar surface area (TPSA) is 71.0 Å². The van der Waals surface area contributed by atoms with Gasteiger partial charge in [0, 0.05) is 46.5 Å². The minimum absolute atomic E-state index is 0.0485. The van der Waals surface area contributed by atoms with Gasteiger partial charge in [-0.15, -0.1) is 11.3 Å². The highest BCUT2D eigenvalue weighted by Crippen LogP contribution is 2.34. The maximum absolute atomic E-state index is 13.2. The maximum Gasteiger partial charge on any atom is 0.255 e. The SMILES string of the molecule is Cc1cc(C(=O)N2CCCC2c2nc(Nc3ccccc3)cc(-c3ccncc3)n2)cs1. The minimum Gasteiger partial charge on any atom is -0.340 e. The van der Waals surface area contributed by atoms with Crippen LogP contribution in [0.25, 0.3) is 11.3 Å². The molecule has 7 heteroatoms. The van der Waals surface area contributed by atoms with Crippen LogP contribution in [-0.2, 0) is 0 Å². The Balaban J connectivity index is 1.53. The number of nitrogens with one attached hydrogen (secondary N) is 1. The van der Waals surface area contributed by atoms with Crippen LogP contribution in [-0.4, -0.2) is 32.3 Å². The van der Waals surface area contributed by atoms with Crippen LogP contribution >= 0.6 is 11.3 Å². The fourth-order valence-electron chi connectivity index (χ4n) is 4.02. The smallest absolute Gasteiger partial charge is 0.255 e. The van der Waals surface area contributed by atoms with Crippen molar-refractivity contribution < 1.29 is 4.79 Å². The lowest BCUT2D eigenvalue weighted by atomic mass is 10.1. The number of thiophene rings is 1. The van der Waals surface area contributed by atoms with Crippen LogP contribution in [0.3, 0.4) is 0 Å². The van der Waals surface area contributed by atoms with E-state index in [2.05, 4.69) is 10.3 Å². The molecule has 0 radical (unpaired) electrons. The van der Waals surface area contributed by atoms with Crippen molar-refractivity contribution in [2.75, 3.05) is 11.9 Å². The first-order valence-corrected chi connectivity index (χ1v) is 11.5. The van der Waals surface area contributed by atoms with Gasteiger partial charge < -0.3 is 10.2 Å². The zero-order valence-electron chi connectivity index (χ0n) is 17.7. The van der Waals surface area contributed by atoms with E-state index in [1.807, 2.05) is 71.8 Å². The van der Waals surface area contributed by atoms with E-state index in [4.69, 9.17) is 9.97 Å². The Morgan fingerprint density at radius 1 is 1.09 bits per heavy atom. The number of carbonyl (C=O) groups is 1. The first kappa shape index (κ1) is 20.3. The Bertz CT molecular complexity index is 1230. The number of carbonyl (C=O) groups excluding carboxylic acids is 1. The number of aromatic nitrogens is 3. The molecule has 1 saturated heterocycles. The molecular weight excluding hydrogens is 418 g/mol. The molecule has 6 nitrogen and oxygen atoms in total. The van der Waals surface area contributed by atoms with Crippen LogP contribution in [0, 0.1) is 6.92 Å². The summed E-state index contributed by atoms with van der Waals surface area (Å²) in [6, 6.07) is 17.6. The van der Waals surface area contributed by atoms with Gasteiger partial charge in [0.05, 0.1) is 17.3 Å². The fraction of sp³-hybridized carbons (Fsp3) is 0.200. The second kappa shape index (κ2) is 8.88. The molecule has 3 aromatic heterocycles. The third-order valence-corrected chi connectivity index (χ3v) is 6.42. The third kappa shape index (κ3) is 4.24. The van der Waals surface area contributed by atoms with Gasteiger partial charge in [-0.05, 0) is 50.1 Å². The van der Waals surface area contributed by atoms with Crippen molar-refractivity contribution >= 4 is 28.7 Å². The van der Waals surface area contributed by atoms with Crippen LogP contribution in [0.5, 0.6) is 0 Å². The second-order valence-corrected chi connectivity index (χ2v) is 8.94. The molecule has 4 aromatic rings. The lowest BCUT2D eigenvalue weighted by molar-refractivity contribution is 0.0730. The molecule has 32 heavy (non-hydrogen) atoms. The zero-order valence-corrected chi connectivity index (χ0v) is 18.5. The van der Waals surface area contributed by atoms with Gasteiger partial charge in [-0.3, -0.25) is 9.78 Å². The maximum atomic E-state index is 13.2. The molecule has 1 N–H and O–H groups in total. The van der Waals surface area contributed by atoms with Crippen LogP contribution < -0.4 is 5.32 Å². The highest BCUT2D eigenvalue weighted by Gasteiger charge is 2.33. The molecule has 1 aliphatic heterocycles. The molecule has 0 aliphatic carbocycles. The molecule has 1 amide bonds. The van der Waals surface area contributed by atoms with E-state index in [9.17, 15) is 4.79 Å². The van der Waals surface area contributed by atoms with Crippen molar-refractivity contribution in [2.45, 2.75) is 25.8 Å². The summed E-state index contributed by atoms with van der Waals surface area (Å²) in [7, 11) is 0. The van der Waals surface area contributed by atoms with Crippen LogP contribution in [0.15, 0.2) is 72.4 Å². The Morgan fingerprint density at radius 3 is 2.66 bits per heavy atom. The summed E-state index contributed by atoms with van der Waals surface area (Å²) in [5, 5.41) is 5.32. The van der Waals surface area contributed by atoms with Crippen LogP contribution in [0.2, 0.25) is 0 Å². The number of rotatable bonds is 5. The van der Waals surface area contributed by atoms with E-state index in [0.29, 0.717) is 18.2 Å². The Hall–Kier alpha value is -3.58. The van der Waals surface area contributed by atoms with E-state index in [-0.39, 0.29) is 11.9 Å². The summed E-state index contributed by atoms with van der Waals surface area (Å²) in [6.45, 7) is 2.73. The van der Waals surface area contributed by atoms with Gasteiger partial charge in [0.2, 0.25) is 0 Å². The lowest BCUT2D eigenvalue weighted by Gasteiger charge is -2.24. The number of benzene rings is 1. The van der Waals surface area contributed by atoms with Crippen molar-refractivity contribution in [2.24, 2.45) is 0 Å². The van der Waals surface area contributed by atoms with Crippen molar-refractivity contribution in [3.8, 4) is 11.3 Å². The van der Waals surface area contributed by atoms with Crippen molar-refractivity contribution in [1.82, 2.24) is 19.9 Å². The number of aryl methyl sites for hydroxylation is 1. The summed E-state index contributed by atoms with van der Waals surface area (Å²) < 4.78 is 0. The molecule has 0 saturated carbocycles. The van der Waals surface area contributed by atoms with E-state index >= 15 is 0 Å². The largest absolute Gasteiger partial charge is 0.340 e. The van der Waals surface area contributed by atoms with E-state index in [1.54, 1.807) is 23.7 Å². The summed E-state index contributed by atoms with van der Waals surface area (Å²) in [4.78, 5) is 30.1. The monoisotopic (exact) mass is 441 g/mol. The van der Waals surface area contributed by atoms with E-state index < -0.39 is 0 Å². The minimum atomic E-state index is -0.152. The zero-order chi connectivity index (χ0) is 21.9. The molecular formula is C25H23N5OS. The van der Waals surface area contributed by atoms with Gasteiger partial charge in [-0.2, -0.15) is 0 Å². The number of nitrogens with zero attached hydrogens (tertiary/aromatic N) is 4. The average Bonchev–Trinajstić information content (AvgIpc) is 3.49. The van der Waals surface area contributed by atoms with Crippen molar-refractivity contribution in [3.63, 3.8) is 0 Å². The van der Waals surface area contributed by atoms with Crippen LogP contribution in [0.4, 0.5) is 11.5 Å². The number of amides is 1. The highest BCUT2D eigenvalue weighted by molar-refractivity contribution is 7.10. The molecule has 1 aromatic carbocycles. The normalized spacial score (nSPS) is 15.7. The molecule has 160 valence electrons. The second-order valence-electron chi connectivity index (χ2n) is 7.83. The molecule has 5 rings (SSSR count). The molecule has 4 heterocycles. The molecule has 0 bridgehead atoms. The Kier molecular flexibility index (Phi) is 5.64. The number of hydrogen-bond donors (Lipinski definition) is 1. The summed E-state index contributed by atoms with van der Waals surface area (Å²) in [6.07, 6.45) is 5.29. The Labute approximate surface area is 191 Å². The van der Waals surface area contributed by atoms with E-state index in [0.717, 1.165) is 40.2 Å². The molecule has 1 unspecified atom stereocenters. The quantitative estimate of drug-likeness (QED) is 0.435. The predicted octanol–water partition coefficient (Wildman–Crippen LogP) is 5.63. The van der Waals surface area contributed by atoms with Gasteiger partial charge in [-0.1, -0.05) is 18.2 Å². The molecule has 1 fully saturated rings. The average molecular weight is 442 g/mol. The third-order valence-electron chi connectivity index (χ3n) is 5.55. The number of hydrogen-bond acceptors (Lipinski definition) is 6. The fourth-order valence-corrected chi connectivity index (χ4v) is 4.70. The molecule has 0 spiro atoms. The highest BCUT2D eigenvalue weighted by atomic mass is 32.1. The first-order valence-electron chi connectivity index (χ1n) is 10.6. The van der Waals surface area contributed by atoms with Gasteiger partial charge in [0.15, 0.2) is 5.82 Å². The first-order chi connectivity index (χ1) is 15.7. The van der Waals surface area contributed by atoms with Gasteiger partial charge in [0.25, 0.3) is 5.91 Å². The van der Waals surface area contributed by atoms with Crippen molar-refractivity contribution in [1.29, 1.82) is 0 Å². The Morgan fingerprint density at radius 2 is 1.91 bits per heavy atom. The van der Waals surface area contributed by atoms with E-state index in [1.165, 1.54) is 0 Å². The number of pyridine rings is 1. The van der Waals surface area contributed by atoms with Gasteiger partial charge in [0.1, 0.15) is 5.82 Å². The standard InChI is InChI=1S/C25H23N5OS/c1-17-14-19(16-32-17)25(31)30-13-5-8-22(30)24-28-21(18-9-11-26-12-10-18)15-23(29-24)27-20-6-3-2-4-7-20/h2-4,6-7,9-12,14-16,22H,5,8,13H2,1H3,(H,27,28,29). The number of likely N-dealkylation sites (tertiary alicyclic amines) is 1. The van der Waals surface area contributed by atoms with Crippen LogP contribution in [0.1, 0.15) is 39.9 Å². The molecule has 1 atom stereocenters. The molecule has 1 aliphatic rings. The lowest BCUT2D eigenvalue weighted by Crippen LogP contribution is -2.31. The van der Waals surface area contributed by atoms with Gasteiger partial charge >= 0.3 is 0 Å². The van der Waals surface area contributed by atoms with Crippen molar-refractivity contribution in [3.05, 3.63) is 88.6 Å². The summed E-state index contributed by atoms with van der Waals surface area (Å²) in [5.41, 5.74) is 3.46. The number of para-hydroxylation sites is 1. The van der Waals surface area contributed by atoms with Gasteiger partial charge in [-0.25, -0.2) is 9.97 Å². The predicted molar refractivity (Wildman–Crippen MR) is 127 cm³/mol. The summed E-state index contributed by atoms with van der Waals surface area (Å²) in [5.74, 6) is 1.42.